The third kappa shape index (κ3) is 8.06. The van der Waals surface area contributed by atoms with Crippen LogP contribution in [0.15, 0.2) is 67.0 Å². The highest BCUT2D eigenvalue weighted by molar-refractivity contribution is 6.30. The van der Waals surface area contributed by atoms with E-state index in [1.165, 1.54) is 28.8 Å². The van der Waals surface area contributed by atoms with E-state index in [4.69, 9.17) is 21.1 Å². The molecule has 0 radical (unpaired) electrons. The molecule has 1 fully saturated rings. The van der Waals surface area contributed by atoms with Crippen LogP contribution in [0, 0.1) is 11.8 Å². The number of hydrogen-bond acceptors (Lipinski definition) is 7. The Hall–Kier alpha value is -4.57. The summed E-state index contributed by atoms with van der Waals surface area (Å²) in [5.74, 6) is 1.93. The van der Waals surface area contributed by atoms with Crippen LogP contribution in [0.3, 0.4) is 0 Å². The number of aromatic nitrogens is 3. The number of benzene rings is 2. The van der Waals surface area contributed by atoms with Crippen LogP contribution in [0.4, 0.5) is 5.69 Å². The van der Waals surface area contributed by atoms with Gasteiger partial charge in [-0.25, -0.2) is 4.79 Å². The summed E-state index contributed by atoms with van der Waals surface area (Å²) in [5.41, 5.74) is 5.02. The van der Waals surface area contributed by atoms with E-state index in [1.54, 1.807) is 48.1 Å². The summed E-state index contributed by atoms with van der Waals surface area (Å²) in [6.45, 7) is 6.20. The molecule has 1 spiro atoms. The lowest BCUT2D eigenvalue weighted by Gasteiger charge is -2.47. The van der Waals surface area contributed by atoms with Gasteiger partial charge in [-0.3, -0.25) is 14.5 Å². The molecule has 4 aromatic rings. The fraction of sp³-hybridized carbons (Fsp3) is 0.500. The largest absolute Gasteiger partial charge is 0.494 e. The van der Waals surface area contributed by atoms with Crippen molar-refractivity contribution in [3.63, 3.8) is 0 Å². The van der Waals surface area contributed by atoms with Crippen molar-refractivity contribution >= 4 is 29.2 Å². The second-order valence-corrected chi connectivity index (χ2v) is 16.7. The number of carbonyl (C=O) groups excluding carboxylic acids is 1. The summed E-state index contributed by atoms with van der Waals surface area (Å²) in [6, 6.07) is 17.6. The number of amides is 1. The summed E-state index contributed by atoms with van der Waals surface area (Å²) in [7, 11) is 3.57. The highest BCUT2D eigenvalue weighted by Crippen LogP contribution is 2.57. The molecule has 2 N–H and O–H groups in total. The van der Waals surface area contributed by atoms with Crippen LogP contribution in [-0.2, 0) is 30.1 Å². The molecular formula is C44H54ClN5O5. The molecule has 2 aromatic carbocycles. The van der Waals surface area contributed by atoms with Gasteiger partial charge in [-0.15, -0.1) is 0 Å². The number of carboxylic acid groups (broad SMARTS) is 1. The summed E-state index contributed by atoms with van der Waals surface area (Å²) in [4.78, 5) is 32.3. The van der Waals surface area contributed by atoms with Crippen molar-refractivity contribution in [1.82, 2.24) is 19.7 Å². The first kappa shape index (κ1) is 38.7. The summed E-state index contributed by atoms with van der Waals surface area (Å²) in [5, 5.41) is 18.8. The molecule has 1 amide bonds. The third-order valence-electron chi connectivity index (χ3n) is 12.6. The number of halogens is 1. The Morgan fingerprint density at radius 1 is 1.09 bits per heavy atom. The van der Waals surface area contributed by atoms with E-state index in [-0.39, 0.29) is 17.2 Å². The molecule has 11 heteroatoms. The van der Waals surface area contributed by atoms with Gasteiger partial charge >= 0.3 is 5.97 Å². The number of aliphatic carboxylic acids is 1. The summed E-state index contributed by atoms with van der Waals surface area (Å²) in [6.07, 6.45) is 11.9. The number of fused-ring (bicyclic) bond motifs is 3. The smallest absolute Gasteiger partial charge is 0.329 e. The Kier molecular flexibility index (Phi) is 11.4. The number of nitrogens with zero attached hydrogens (tertiary/aromatic N) is 4. The maximum atomic E-state index is 13.0. The van der Waals surface area contributed by atoms with Crippen molar-refractivity contribution in [2.75, 3.05) is 32.1 Å². The maximum Gasteiger partial charge on any atom is 0.329 e. The number of aryl methyl sites for hydroxylation is 2. The van der Waals surface area contributed by atoms with Gasteiger partial charge in [0.25, 0.3) is 5.91 Å². The van der Waals surface area contributed by atoms with Gasteiger partial charge in [0.1, 0.15) is 22.7 Å². The van der Waals surface area contributed by atoms with Crippen LogP contribution < -0.4 is 14.8 Å². The number of rotatable bonds is 14. The first-order valence-electron chi connectivity index (χ1n) is 19.9. The van der Waals surface area contributed by atoms with Gasteiger partial charge in [0, 0.05) is 55.0 Å². The lowest BCUT2D eigenvalue weighted by molar-refractivity contribution is -0.144. The molecule has 0 aliphatic heterocycles. The van der Waals surface area contributed by atoms with E-state index < -0.39 is 11.5 Å². The van der Waals surface area contributed by atoms with Crippen LogP contribution in [0.5, 0.6) is 11.5 Å². The molecule has 1 unspecified atom stereocenters. The van der Waals surface area contributed by atoms with Crippen molar-refractivity contribution < 1.29 is 24.2 Å². The van der Waals surface area contributed by atoms with Crippen molar-refractivity contribution in [2.45, 2.75) is 94.9 Å². The van der Waals surface area contributed by atoms with Crippen LogP contribution in [0.2, 0.25) is 5.02 Å². The Bertz CT molecular complexity index is 2010. The molecule has 7 rings (SSSR count). The predicted octanol–water partition coefficient (Wildman–Crippen LogP) is 8.47. The highest BCUT2D eigenvalue weighted by Gasteiger charge is 2.54. The number of hydrogen-bond donors (Lipinski definition) is 2. The molecule has 2 heterocycles. The first-order valence-corrected chi connectivity index (χ1v) is 20.2. The van der Waals surface area contributed by atoms with Gasteiger partial charge in [0.2, 0.25) is 0 Å². The third-order valence-corrected chi connectivity index (χ3v) is 12.8. The fourth-order valence-electron chi connectivity index (χ4n) is 9.54. The van der Waals surface area contributed by atoms with Gasteiger partial charge in [-0.1, -0.05) is 37.6 Å². The van der Waals surface area contributed by atoms with E-state index >= 15 is 0 Å². The minimum Gasteiger partial charge on any atom is -0.494 e. The molecule has 0 saturated heterocycles. The molecule has 292 valence electrons. The van der Waals surface area contributed by atoms with Gasteiger partial charge in [0.05, 0.1) is 13.2 Å². The number of carbonyl (C=O) groups is 2. The van der Waals surface area contributed by atoms with Crippen molar-refractivity contribution in [1.29, 1.82) is 0 Å². The summed E-state index contributed by atoms with van der Waals surface area (Å²) < 4.78 is 14.5. The molecule has 55 heavy (non-hydrogen) atoms. The van der Waals surface area contributed by atoms with Crippen LogP contribution in [0.1, 0.15) is 104 Å². The Balaban J connectivity index is 1.07. The zero-order chi connectivity index (χ0) is 38.7. The second kappa shape index (κ2) is 16.3. The normalized spacial score (nSPS) is 23.4. The Morgan fingerprint density at radius 2 is 1.91 bits per heavy atom. The molecule has 3 aliphatic carbocycles. The summed E-state index contributed by atoms with van der Waals surface area (Å²) >= 11 is 6.30. The van der Waals surface area contributed by atoms with Crippen LogP contribution in [-0.4, -0.2) is 69.0 Å². The lowest BCUT2D eigenvalue weighted by atomic mass is 9.59. The average molecular weight is 768 g/mol. The Morgan fingerprint density at radius 3 is 2.65 bits per heavy atom. The topological polar surface area (TPSA) is 119 Å². The molecule has 3 aliphatic rings. The molecular weight excluding hydrogens is 714 g/mol. The minimum absolute atomic E-state index is 0.0700. The zero-order valence-electron chi connectivity index (χ0n) is 32.5. The van der Waals surface area contributed by atoms with Gasteiger partial charge in [-0.05, 0) is 141 Å². The van der Waals surface area contributed by atoms with Gasteiger partial charge in [0.15, 0.2) is 0 Å². The Labute approximate surface area is 329 Å². The standard InChI is InChI=1S/C44H54ClN5O5/c1-29(28-55-39-15-20-46-37-11-5-8-30(2)40(37)39)24-32-25-31-12-13-35(54-23-7-22-49(3)41(51)38-14-21-47-50(38)4)27-36(31)43(32)16-18-44(19-17-43,42(52)53)48-34-10-6-9-33(45)26-34/h6,9-10,12-15,20-21,26-27,29-30,32,48H,5,7-8,11,16-19,22-25,28H2,1-4H3,(H,52,53)/t29-,30-,32?,43?,44?/m1/s1. The zero-order valence-corrected chi connectivity index (χ0v) is 33.3. The molecule has 2 aromatic heterocycles. The molecule has 3 atom stereocenters. The minimum atomic E-state index is -1.10. The molecule has 1 saturated carbocycles. The van der Waals surface area contributed by atoms with Gasteiger partial charge in [-0.2, -0.15) is 5.10 Å². The predicted molar refractivity (Wildman–Crippen MR) is 214 cm³/mol. The SMILES string of the molecule is C[C@@H](COc1ccnc2c1[C@H](C)CCC2)CC1Cc2ccc(OCCCN(C)C(=O)c3ccnn3C)cc2C12CCC(Nc1cccc(Cl)c1)(C(=O)O)CC2. The first-order chi connectivity index (χ1) is 26.5. The maximum absolute atomic E-state index is 13.0. The monoisotopic (exact) mass is 767 g/mol. The van der Waals surface area contributed by atoms with Gasteiger partial charge < -0.3 is 24.8 Å². The number of ether oxygens (including phenoxy) is 2. The van der Waals surface area contributed by atoms with Crippen LogP contribution >= 0.6 is 11.6 Å². The molecule has 10 nitrogen and oxygen atoms in total. The van der Waals surface area contributed by atoms with E-state index in [2.05, 4.69) is 47.4 Å². The van der Waals surface area contributed by atoms with E-state index in [1.807, 2.05) is 24.4 Å². The van der Waals surface area contributed by atoms with E-state index in [0.717, 1.165) is 55.7 Å². The fourth-order valence-corrected chi connectivity index (χ4v) is 9.73. The number of carboxylic acids is 1. The van der Waals surface area contributed by atoms with Crippen LogP contribution in [0.25, 0.3) is 0 Å². The number of anilines is 1. The molecule has 0 bridgehead atoms. The highest BCUT2D eigenvalue weighted by atomic mass is 35.5. The number of nitrogens with one attached hydrogen (secondary N) is 1. The van der Waals surface area contributed by atoms with Crippen molar-refractivity contribution in [2.24, 2.45) is 18.9 Å². The van der Waals surface area contributed by atoms with E-state index in [0.29, 0.717) is 61.6 Å². The lowest BCUT2D eigenvalue weighted by Crippen LogP contribution is -2.53. The number of pyridine rings is 1. The van der Waals surface area contributed by atoms with E-state index in [9.17, 15) is 14.7 Å². The van der Waals surface area contributed by atoms with Crippen molar-refractivity contribution in [3.8, 4) is 11.5 Å². The second-order valence-electron chi connectivity index (χ2n) is 16.3. The van der Waals surface area contributed by atoms with Crippen molar-refractivity contribution in [3.05, 3.63) is 100 Å². The quantitative estimate of drug-likeness (QED) is 0.123. The average Bonchev–Trinajstić information content (AvgIpc) is 3.73.